The highest BCUT2D eigenvalue weighted by atomic mass is 32.2. The van der Waals surface area contributed by atoms with Crippen molar-refractivity contribution in [3.8, 4) is 0 Å². The van der Waals surface area contributed by atoms with E-state index in [1.54, 1.807) is 12.1 Å². The quantitative estimate of drug-likeness (QED) is 0.535. The van der Waals surface area contributed by atoms with Crippen LogP contribution in [0.25, 0.3) is 0 Å². The molecule has 72 valence electrons. The number of nitrogens with one attached hydrogen (secondary N) is 1. The Bertz CT molecular complexity index is 357. The van der Waals surface area contributed by atoms with E-state index in [0.29, 0.717) is 0 Å². The summed E-state index contributed by atoms with van der Waals surface area (Å²) >= 11 is 0. The molecule has 2 N–H and O–H groups in total. The Hall–Kier alpha value is -1.27. The minimum Gasteiger partial charge on any atom is -0.282 e. The van der Waals surface area contributed by atoms with Crippen molar-refractivity contribution in [2.75, 3.05) is 0 Å². The number of rotatable bonds is 1. The Labute approximate surface area is 75.9 Å². The Kier molecular flexibility index (Phi) is 4.22. The number of hydrogen-bond donors (Lipinski definition) is 2. The van der Waals surface area contributed by atoms with E-state index in [9.17, 15) is 8.42 Å². The van der Waals surface area contributed by atoms with Gasteiger partial charge in [-0.05, 0) is 19.1 Å². The molecule has 0 heterocycles. The molecular weight excluding hydrogens is 194 g/mol. The monoisotopic (exact) mass is 203 g/mol. The van der Waals surface area contributed by atoms with Crippen LogP contribution in [-0.4, -0.2) is 13.0 Å². The van der Waals surface area contributed by atoms with E-state index in [1.165, 1.54) is 12.1 Å². The summed E-state index contributed by atoms with van der Waals surface area (Å²) in [6.45, 7) is 1.84. The maximum absolute atomic E-state index is 10.5. The van der Waals surface area contributed by atoms with Crippen molar-refractivity contribution in [2.24, 2.45) is 0 Å². The molecule has 1 aromatic carbocycles. The first-order valence-electron chi connectivity index (χ1n) is 3.25. The Morgan fingerprint density at radius 3 is 1.85 bits per heavy atom. The van der Waals surface area contributed by atoms with E-state index >= 15 is 0 Å². The third kappa shape index (κ3) is 3.77. The molecule has 0 spiro atoms. The fourth-order valence-corrected chi connectivity index (χ4v) is 1.19. The molecule has 5 nitrogen and oxygen atoms in total. The third-order valence-electron chi connectivity index (χ3n) is 1.32. The first-order chi connectivity index (χ1) is 6.00. The predicted octanol–water partition coefficient (Wildman–Crippen LogP) is 1.57. The van der Waals surface area contributed by atoms with Crippen LogP contribution in [0.5, 0.6) is 0 Å². The first kappa shape index (κ1) is 11.7. The zero-order valence-electron chi connectivity index (χ0n) is 6.89. The Balaban J connectivity index is 0.000000671. The lowest BCUT2D eigenvalue weighted by atomic mass is 10.2. The van der Waals surface area contributed by atoms with Gasteiger partial charge in [0.05, 0.1) is 4.90 Å². The lowest BCUT2D eigenvalue weighted by Gasteiger charge is -1.95. The van der Waals surface area contributed by atoms with Crippen LogP contribution in [0.2, 0.25) is 0 Å². The molecule has 0 aliphatic heterocycles. The normalized spacial score (nSPS) is 10.0. The zero-order valence-corrected chi connectivity index (χ0v) is 7.71. The summed E-state index contributed by atoms with van der Waals surface area (Å²) in [7, 11) is -4.02. The molecule has 0 unspecified atom stereocenters. The van der Waals surface area contributed by atoms with Gasteiger partial charge in [-0.15, -0.1) is 0 Å². The van der Waals surface area contributed by atoms with Crippen LogP contribution in [0.1, 0.15) is 5.56 Å². The highest BCUT2D eigenvalue weighted by Gasteiger charge is 2.06. The lowest BCUT2D eigenvalue weighted by Crippen LogP contribution is -1.96. The van der Waals surface area contributed by atoms with Crippen molar-refractivity contribution in [3.05, 3.63) is 34.7 Å². The molecule has 0 amide bonds. The van der Waals surface area contributed by atoms with Gasteiger partial charge < -0.3 is 0 Å². The second-order valence-electron chi connectivity index (χ2n) is 2.29. The molecule has 0 aliphatic rings. The average Bonchev–Trinajstić information content (AvgIpc) is 2.07. The fourth-order valence-electron chi connectivity index (χ4n) is 0.710. The molecule has 6 heteroatoms. The fraction of sp³-hybridized carbons (Fsp3) is 0.143. The van der Waals surface area contributed by atoms with Crippen molar-refractivity contribution in [3.63, 3.8) is 0 Å². The molecule has 0 saturated heterocycles. The molecule has 0 atom stereocenters. The summed E-state index contributed by atoms with van der Waals surface area (Å²) in [6.07, 6.45) is 0. The van der Waals surface area contributed by atoms with Gasteiger partial charge in [-0.3, -0.25) is 4.55 Å². The Morgan fingerprint density at radius 1 is 1.15 bits per heavy atom. The molecule has 0 saturated carbocycles. The van der Waals surface area contributed by atoms with Gasteiger partial charge in [-0.25, -0.2) is 0 Å². The number of nitroso groups, excluding NO2 is 1. The smallest absolute Gasteiger partial charge is 0.282 e. The minimum atomic E-state index is -4.02. The van der Waals surface area contributed by atoms with Crippen LogP contribution < -0.4 is 0 Å². The van der Waals surface area contributed by atoms with E-state index in [4.69, 9.17) is 9.46 Å². The standard InChI is InChI=1S/C7H8O3S.HNO/c1-6-2-4-7(5-3-6)11(8,9)10;1-2/h2-5H,1H3,(H,8,9,10);1H. The molecule has 0 bridgehead atoms. The second-order valence-corrected chi connectivity index (χ2v) is 3.71. The average molecular weight is 203 g/mol. The summed E-state index contributed by atoms with van der Waals surface area (Å²) in [4.78, 5) is 7.43. The van der Waals surface area contributed by atoms with E-state index in [-0.39, 0.29) is 4.90 Å². The predicted molar refractivity (Wildman–Crippen MR) is 47.1 cm³/mol. The van der Waals surface area contributed by atoms with E-state index in [0.717, 1.165) is 5.56 Å². The van der Waals surface area contributed by atoms with Crippen LogP contribution in [0, 0.1) is 17.4 Å². The van der Waals surface area contributed by atoms with Gasteiger partial charge in [0.15, 0.2) is 0 Å². The lowest BCUT2D eigenvalue weighted by molar-refractivity contribution is 0.483. The summed E-state index contributed by atoms with van der Waals surface area (Å²) in [5.41, 5.74) is 5.46. The van der Waals surface area contributed by atoms with Crippen molar-refractivity contribution in [1.29, 1.82) is 5.59 Å². The Morgan fingerprint density at radius 2 is 1.54 bits per heavy atom. The molecule has 1 aromatic rings. The van der Waals surface area contributed by atoms with Crippen molar-refractivity contribution < 1.29 is 13.0 Å². The van der Waals surface area contributed by atoms with Crippen molar-refractivity contribution in [1.82, 2.24) is 0 Å². The molecule has 0 radical (unpaired) electrons. The zero-order chi connectivity index (χ0) is 10.5. The molecule has 0 aliphatic carbocycles. The first-order valence-corrected chi connectivity index (χ1v) is 4.69. The van der Waals surface area contributed by atoms with Gasteiger partial charge in [0, 0.05) is 0 Å². The SMILES string of the molecule is Cc1ccc(S(=O)(=O)O)cc1.N=O. The molecule has 1 rings (SSSR count). The van der Waals surface area contributed by atoms with Crippen molar-refractivity contribution in [2.45, 2.75) is 11.8 Å². The van der Waals surface area contributed by atoms with Gasteiger partial charge in [0.1, 0.15) is 0 Å². The van der Waals surface area contributed by atoms with Crippen LogP contribution in [0.4, 0.5) is 0 Å². The second kappa shape index (κ2) is 4.68. The van der Waals surface area contributed by atoms with E-state index < -0.39 is 10.1 Å². The van der Waals surface area contributed by atoms with Crippen LogP contribution in [-0.2, 0) is 10.1 Å². The van der Waals surface area contributed by atoms with Gasteiger partial charge >= 0.3 is 0 Å². The molecule has 13 heavy (non-hydrogen) atoms. The van der Waals surface area contributed by atoms with Crippen LogP contribution >= 0.6 is 0 Å². The van der Waals surface area contributed by atoms with Crippen LogP contribution in [0.15, 0.2) is 29.2 Å². The van der Waals surface area contributed by atoms with Gasteiger partial charge in [-0.1, -0.05) is 23.3 Å². The summed E-state index contributed by atoms with van der Waals surface area (Å²) in [5, 5.41) is 0. The topological polar surface area (TPSA) is 95.3 Å². The van der Waals surface area contributed by atoms with E-state index in [1.807, 2.05) is 6.92 Å². The van der Waals surface area contributed by atoms with Crippen molar-refractivity contribution >= 4 is 10.1 Å². The summed E-state index contributed by atoms with van der Waals surface area (Å²) < 4.78 is 29.6. The van der Waals surface area contributed by atoms with Gasteiger partial charge in [0.25, 0.3) is 10.1 Å². The van der Waals surface area contributed by atoms with Gasteiger partial charge in [-0.2, -0.15) is 13.3 Å². The highest BCUT2D eigenvalue weighted by molar-refractivity contribution is 7.85. The largest absolute Gasteiger partial charge is 0.294 e. The molecular formula is C7H9NO4S. The number of hydrogen-bond acceptors (Lipinski definition) is 4. The maximum atomic E-state index is 10.5. The molecule has 0 fully saturated rings. The summed E-state index contributed by atoms with van der Waals surface area (Å²) in [5.74, 6) is 0. The summed E-state index contributed by atoms with van der Waals surface area (Å²) in [6, 6.07) is 5.99. The maximum Gasteiger partial charge on any atom is 0.294 e. The molecule has 0 aromatic heterocycles. The third-order valence-corrected chi connectivity index (χ3v) is 2.19. The van der Waals surface area contributed by atoms with Crippen LogP contribution in [0.3, 0.4) is 0 Å². The van der Waals surface area contributed by atoms with E-state index in [2.05, 4.69) is 5.59 Å². The number of benzene rings is 1. The number of aryl methyl sites for hydroxylation is 1. The van der Waals surface area contributed by atoms with Gasteiger partial charge in [0.2, 0.25) is 0 Å². The minimum absolute atomic E-state index is 0.0666. The highest BCUT2D eigenvalue weighted by Crippen LogP contribution is 2.08.